The Morgan fingerprint density at radius 3 is 2.67 bits per heavy atom. The molecule has 3 heterocycles. The Bertz CT molecular complexity index is 1640. The molecular formula is C35H43N5O3S2. The van der Waals surface area contributed by atoms with E-state index in [1.807, 2.05) is 42.4 Å². The maximum Gasteiger partial charge on any atom is 0.272 e. The normalized spacial score (nSPS) is 16.0. The van der Waals surface area contributed by atoms with E-state index in [-0.39, 0.29) is 11.7 Å². The van der Waals surface area contributed by atoms with Crippen molar-refractivity contribution in [3.8, 4) is 5.88 Å². The molecule has 1 aliphatic heterocycles. The van der Waals surface area contributed by atoms with E-state index in [1.165, 1.54) is 0 Å². The van der Waals surface area contributed by atoms with Crippen molar-refractivity contribution in [3.63, 3.8) is 0 Å². The van der Waals surface area contributed by atoms with E-state index in [0.29, 0.717) is 55.5 Å². The number of nitrogens with two attached hydrogens (primary N) is 2. The van der Waals surface area contributed by atoms with Gasteiger partial charge in [0, 0.05) is 46.3 Å². The summed E-state index contributed by atoms with van der Waals surface area (Å²) in [5.41, 5.74) is 11.5. The third kappa shape index (κ3) is 6.90. The molecule has 0 saturated carbocycles. The standard InChI is InChI=1S/C35H43N5O3S2/c1-6-40(37)28-16-15-27(23(2)33(28)36)32(35(4,5)31(41)17-14-25-11-8-7-9-12-25)29-21-26(24(3)44-29)22-39-19-20-43-34-30(45(39)42)13-10-18-38-34/h7-13,15-16,18,21,32H,6,14,17,19-20,22,36-37H2,1-5H3. The van der Waals surface area contributed by atoms with Crippen LogP contribution in [-0.2, 0) is 29.1 Å². The van der Waals surface area contributed by atoms with Gasteiger partial charge in [-0.15, -0.1) is 15.6 Å². The van der Waals surface area contributed by atoms with Gasteiger partial charge in [-0.2, -0.15) is 0 Å². The van der Waals surface area contributed by atoms with Crippen LogP contribution in [0.1, 0.15) is 65.1 Å². The average Bonchev–Trinajstić information content (AvgIpc) is 3.31. The number of anilines is 2. The number of aryl methyl sites for hydroxylation is 2. The van der Waals surface area contributed by atoms with Gasteiger partial charge in [0.15, 0.2) is 0 Å². The third-order valence-electron chi connectivity index (χ3n) is 8.83. The fourth-order valence-corrected chi connectivity index (χ4v) is 8.58. The van der Waals surface area contributed by atoms with Crippen LogP contribution in [0.3, 0.4) is 0 Å². The van der Waals surface area contributed by atoms with Crippen molar-refractivity contribution in [3.05, 3.63) is 98.9 Å². The molecule has 45 heavy (non-hydrogen) atoms. The lowest BCUT2D eigenvalue weighted by molar-refractivity contribution is -0.127. The molecule has 4 aromatic rings. The summed E-state index contributed by atoms with van der Waals surface area (Å²) in [5, 5.41) is 1.64. The molecule has 4 N–H and O–H groups in total. The molecule has 2 aromatic heterocycles. The van der Waals surface area contributed by atoms with Crippen LogP contribution in [0.15, 0.2) is 71.8 Å². The monoisotopic (exact) mass is 645 g/mol. The molecule has 5 rings (SSSR count). The van der Waals surface area contributed by atoms with Crippen LogP contribution < -0.4 is 21.3 Å². The molecule has 0 bridgehead atoms. The minimum Gasteiger partial charge on any atom is -0.593 e. The smallest absolute Gasteiger partial charge is 0.272 e. The number of pyridine rings is 1. The maximum absolute atomic E-state index is 14.1. The van der Waals surface area contributed by atoms with Crippen LogP contribution in [0, 0.1) is 19.3 Å². The summed E-state index contributed by atoms with van der Waals surface area (Å²) in [6.45, 7) is 12.2. The van der Waals surface area contributed by atoms with Gasteiger partial charge in [-0.3, -0.25) is 4.79 Å². The van der Waals surface area contributed by atoms with Crippen molar-refractivity contribution in [1.82, 2.24) is 9.29 Å². The second kappa shape index (κ2) is 13.9. The number of ether oxygens (including phenoxy) is 1. The molecule has 0 spiro atoms. The summed E-state index contributed by atoms with van der Waals surface area (Å²) < 4.78 is 21.3. The number of Topliss-reactive ketones (excluding diaryl/α,β-unsaturated/α-hetero) is 1. The number of rotatable bonds is 11. The average molecular weight is 646 g/mol. The second-order valence-electron chi connectivity index (χ2n) is 12.1. The molecule has 2 aromatic carbocycles. The Labute approximate surface area is 273 Å². The summed E-state index contributed by atoms with van der Waals surface area (Å²) in [5.74, 6) is 6.62. The van der Waals surface area contributed by atoms with E-state index in [9.17, 15) is 9.35 Å². The maximum atomic E-state index is 14.1. The Balaban J connectivity index is 1.52. The largest absolute Gasteiger partial charge is 0.593 e. The van der Waals surface area contributed by atoms with Crippen LogP contribution >= 0.6 is 11.3 Å². The Hall–Kier alpha value is -3.41. The second-order valence-corrected chi connectivity index (χ2v) is 14.8. The molecule has 2 atom stereocenters. The first-order valence-electron chi connectivity index (χ1n) is 15.3. The van der Waals surface area contributed by atoms with Gasteiger partial charge in [0.1, 0.15) is 12.4 Å². The van der Waals surface area contributed by atoms with Crippen LogP contribution in [0.25, 0.3) is 0 Å². The first-order valence-corrected chi connectivity index (χ1v) is 17.3. The van der Waals surface area contributed by atoms with E-state index in [2.05, 4.69) is 50.0 Å². The molecule has 10 heteroatoms. The highest BCUT2D eigenvalue weighted by molar-refractivity contribution is 7.89. The van der Waals surface area contributed by atoms with Crippen molar-refractivity contribution in [2.45, 2.75) is 64.8 Å². The SMILES string of the molecule is CCN(N)c1ccc(C(c2cc(CN3CCOc4ncccc4[S+]3[O-])c(C)s2)C(C)(C)C(=O)CCc2ccccc2)c(C)c1N. The first kappa shape index (κ1) is 33.0. The number of carbonyl (C=O) groups excluding carboxylic acids is 1. The minimum absolute atomic E-state index is 0.190. The van der Waals surface area contributed by atoms with Crippen LogP contribution in [0.5, 0.6) is 5.88 Å². The summed E-state index contributed by atoms with van der Waals surface area (Å²) in [6.07, 6.45) is 2.77. The molecular weight excluding hydrogens is 603 g/mol. The van der Waals surface area contributed by atoms with Gasteiger partial charge in [0.25, 0.3) is 5.88 Å². The van der Waals surface area contributed by atoms with Crippen molar-refractivity contribution in [2.24, 2.45) is 11.3 Å². The molecule has 2 unspecified atom stereocenters. The Kier molecular flexibility index (Phi) is 10.2. The number of fused-ring (bicyclic) bond motifs is 1. The van der Waals surface area contributed by atoms with Gasteiger partial charge >= 0.3 is 0 Å². The zero-order chi connectivity index (χ0) is 32.3. The number of ketones is 1. The van der Waals surface area contributed by atoms with Crippen molar-refractivity contribution >= 4 is 39.9 Å². The molecule has 0 amide bonds. The number of benzene rings is 2. The van der Waals surface area contributed by atoms with E-state index in [1.54, 1.807) is 34.7 Å². The zero-order valence-corrected chi connectivity index (χ0v) is 28.3. The number of thiophene rings is 1. The Morgan fingerprint density at radius 2 is 1.93 bits per heavy atom. The lowest BCUT2D eigenvalue weighted by atomic mass is 9.69. The number of aromatic nitrogens is 1. The number of hydrogen-bond acceptors (Lipinski definition) is 9. The fraction of sp³-hybridized carbons (Fsp3) is 0.371. The molecule has 0 radical (unpaired) electrons. The zero-order valence-electron chi connectivity index (χ0n) is 26.7. The lowest BCUT2D eigenvalue weighted by Gasteiger charge is -2.35. The van der Waals surface area contributed by atoms with Gasteiger partial charge in [-0.05, 0) is 67.6 Å². The lowest BCUT2D eigenvalue weighted by Crippen LogP contribution is -2.34. The van der Waals surface area contributed by atoms with Crippen molar-refractivity contribution < 1.29 is 14.1 Å². The summed E-state index contributed by atoms with van der Waals surface area (Å²) in [7, 11) is 0. The number of hydrazine groups is 1. The number of carbonyl (C=O) groups is 1. The predicted molar refractivity (Wildman–Crippen MR) is 184 cm³/mol. The van der Waals surface area contributed by atoms with Gasteiger partial charge in [0.2, 0.25) is 4.90 Å². The van der Waals surface area contributed by atoms with Crippen molar-refractivity contribution in [2.75, 3.05) is 30.4 Å². The predicted octanol–water partition coefficient (Wildman–Crippen LogP) is 6.32. The quantitative estimate of drug-likeness (QED) is 0.0842. The first-order chi connectivity index (χ1) is 21.5. The summed E-state index contributed by atoms with van der Waals surface area (Å²) >= 11 is 0.275. The molecule has 1 aliphatic rings. The van der Waals surface area contributed by atoms with E-state index < -0.39 is 16.8 Å². The topological polar surface area (TPSA) is 121 Å². The molecule has 0 saturated heterocycles. The molecule has 238 valence electrons. The summed E-state index contributed by atoms with van der Waals surface area (Å²) in [4.78, 5) is 21.2. The van der Waals surface area contributed by atoms with E-state index in [0.717, 1.165) is 37.7 Å². The number of hydrogen-bond donors (Lipinski definition) is 2. The molecule has 0 fully saturated rings. The number of nitrogen functional groups attached to an aromatic ring is 1. The third-order valence-corrected chi connectivity index (χ3v) is 11.5. The van der Waals surface area contributed by atoms with Crippen LogP contribution in [-0.4, -0.2) is 39.3 Å². The van der Waals surface area contributed by atoms with Crippen molar-refractivity contribution in [1.29, 1.82) is 0 Å². The van der Waals surface area contributed by atoms with E-state index in [4.69, 9.17) is 16.3 Å². The highest BCUT2D eigenvalue weighted by Crippen LogP contribution is 2.48. The molecule has 8 nitrogen and oxygen atoms in total. The fourth-order valence-electron chi connectivity index (χ4n) is 6.00. The molecule has 0 aliphatic carbocycles. The van der Waals surface area contributed by atoms with Gasteiger partial charge in [0.05, 0.1) is 35.8 Å². The summed E-state index contributed by atoms with van der Waals surface area (Å²) in [6, 6.07) is 19.9. The van der Waals surface area contributed by atoms with Crippen LogP contribution in [0.4, 0.5) is 11.4 Å². The highest BCUT2D eigenvalue weighted by atomic mass is 32.2. The number of nitrogens with zero attached hydrogens (tertiary/aromatic N) is 3. The van der Waals surface area contributed by atoms with Crippen LogP contribution in [0.2, 0.25) is 0 Å². The van der Waals surface area contributed by atoms with E-state index >= 15 is 0 Å². The highest BCUT2D eigenvalue weighted by Gasteiger charge is 2.41. The van der Waals surface area contributed by atoms with Gasteiger partial charge < -0.3 is 20.0 Å². The Morgan fingerprint density at radius 1 is 1.18 bits per heavy atom. The van der Waals surface area contributed by atoms with Gasteiger partial charge in [-0.25, -0.2) is 10.8 Å². The van der Waals surface area contributed by atoms with Gasteiger partial charge in [-0.1, -0.05) is 50.2 Å². The minimum atomic E-state index is -1.41.